The fourth-order valence-corrected chi connectivity index (χ4v) is 8.21. The summed E-state index contributed by atoms with van der Waals surface area (Å²) in [4.78, 5) is 0. The van der Waals surface area contributed by atoms with Crippen molar-refractivity contribution in [3.63, 3.8) is 0 Å². The molecule has 0 nitrogen and oxygen atoms in total. The van der Waals surface area contributed by atoms with Crippen molar-refractivity contribution in [2.24, 2.45) is 0 Å². The lowest BCUT2D eigenvalue weighted by molar-refractivity contribution is -0.0000101. The molecule has 0 heterocycles. The van der Waals surface area contributed by atoms with E-state index < -0.39 is 15.5 Å². The van der Waals surface area contributed by atoms with E-state index in [1.807, 2.05) is 0 Å². The molecule has 0 saturated carbocycles. The molecule has 0 bridgehead atoms. The minimum absolute atomic E-state index is 0. The number of halogens is 4. The number of hydrogen-bond acceptors (Lipinski definition) is 0. The minimum atomic E-state index is -3.67. The van der Waals surface area contributed by atoms with Crippen molar-refractivity contribution < 1.29 is 17.7 Å². The van der Waals surface area contributed by atoms with Gasteiger partial charge in [0, 0.05) is 7.92 Å². The van der Waals surface area contributed by atoms with Gasteiger partial charge in [-0.25, -0.2) is 0 Å². The summed E-state index contributed by atoms with van der Waals surface area (Å²) in [7, 11) is -4.38. The average molecular weight is 422 g/mol. The van der Waals surface area contributed by atoms with E-state index >= 15 is 0 Å². The molecule has 0 aliphatic rings. The van der Waals surface area contributed by atoms with Crippen LogP contribution in [-0.2, 0) is 10.8 Å². The Bertz CT molecular complexity index is 554. The maximum Gasteiger partial charge on any atom is 0.762 e. The van der Waals surface area contributed by atoms with E-state index in [0.29, 0.717) is 10.3 Å². The topological polar surface area (TPSA) is 0 Å². The third-order valence-corrected chi connectivity index (χ3v) is 8.32. The second-order valence-electron chi connectivity index (χ2n) is 11.4. The van der Waals surface area contributed by atoms with Crippen molar-refractivity contribution in [1.29, 1.82) is 0 Å². The molecule has 28 heavy (non-hydrogen) atoms. The van der Waals surface area contributed by atoms with Gasteiger partial charge < -0.3 is 4.70 Å². The van der Waals surface area contributed by atoms with Crippen molar-refractivity contribution in [3.8, 4) is 0 Å². The summed E-state index contributed by atoms with van der Waals surface area (Å²) in [6, 6.07) is 7.47. The van der Waals surface area contributed by atoms with Crippen LogP contribution < -0.4 is 10.0 Å². The molecule has 0 atom stereocenters. The standard InChI is InChI=1S/C22H39P.BF3.FH/c1-19(2,3)16-13-17(20(4,5)6)15-18(14-16)23(21(7,8)9)22(10,11)12;2-1(3)4;/h13-15H,1-12H3;;1H. The molecule has 0 N–H and O–H groups in total. The Morgan fingerprint density at radius 1 is 0.607 bits per heavy atom. The van der Waals surface area contributed by atoms with Crippen molar-refractivity contribution >= 4 is 20.8 Å². The van der Waals surface area contributed by atoms with Gasteiger partial charge in [0.15, 0.2) is 0 Å². The molecule has 1 aromatic carbocycles. The molecular weight excluding hydrogens is 382 g/mol. The van der Waals surface area contributed by atoms with E-state index in [4.69, 9.17) is 0 Å². The Balaban J connectivity index is 0. The first-order valence-corrected chi connectivity index (χ1v) is 11.1. The first-order chi connectivity index (χ1) is 11.7. The first kappa shape index (κ1) is 29.6. The van der Waals surface area contributed by atoms with Gasteiger partial charge >= 0.3 is 7.54 Å². The molecule has 1 rings (SSSR count). The maximum absolute atomic E-state index is 9.67. The number of rotatable bonds is 1. The van der Waals surface area contributed by atoms with E-state index in [1.54, 1.807) is 5.30 Å². The molecule has 0 unspecified atom stereocenters. The van der Waals surface area contributed by atoms with Gasteiger partial charge in [-0.05, 0) is 75.6 Å². The second-order valence-corrected chi connectivity index (χ2v) is 15.7. The van der Waals surface area contributed by atoms with Gasteiger partial charge in [0.2, 0.25) is 0 Å². The minimum Gasteiger partial charge on any atom is -1.00 e. The Labute approximate surface area is 172 Å². The van der Waals surface area contributed by atoms with Crippen LogP contribution in [-0.4, -0.2) is 17.9 Å². The highest BCUT2D eigenvalue weighted by molar-refractivity contribution is 7.68. The predicted octanol–water partition coefficient (Wildman–Crippen LogP) is 4.60. The Hall–Kier alpha value is -0.565. The van der Waals surface area contributed by atoms with Crippen molar-refractivity contribution in [1.82, 2.24) is 0 Å². The molecule has 0 fully saturated rings. The lowest BCUT2D eigenvalue weighted by atomic mass is 9.81. The largest absolute Gasteiger partial charge is 1.00 e. The van der Waals surface area contributed by atoms with Crippen LogP contribution in [0.1, 0.15) is 94.2 Å². The highest BCUT2D eigenvalue weighted by Crippen LogP contribution is 2.58. The molecule has 164 valence electrons. The van der Waals surface area contributed by atoms with Crippen LogP contribution in [0.25, 0.3) is 0 Å². The Morgan fingerprint density at radius 3 is 1.04 bits per heavy atom. The van der Waals surface area contributed by atoms with Gasteiger partial charge in [0.05, 0.1) is 15.6 Å². The average Bonchev–Trinajstić information content (AvgIpc) is 2.31. The lowest BCUT2D eigenvalue weighted by Gasteiger charge is -2.35. The molecule has 0 radical (unpaired) electrons. The first-order valence-electron chi connectivity index (χ1n) is 9.64. The summed E-state index contributed by atoms with van der Waals surface area (Å²) in [5, 5.41) is 2.29. The fraction of sp³-hybridized carbons (Fsp3) is 0.727. The highest BCUT2D eigenvalue weighted by Gasteiger charge is 2.44. The van der Waals surface area contributed by atoms with Crippen LogP contribution >= 0.6 is 7.92 Å². The SMILES string of the molecule is CC(C)(C)c1cc([PH+](C(C)(C)C)C(C)(C)C)cc(C(C)(C)C)c1.FB(F)F.[F-]. The summed E-state index contributed by atoms with van der Waals surface area (Å²) >= 11 is 0. The zero-order valence-corrected chi connectivity index (χ0v) is 20.8. The fourth-order valence-electron chi connectivity index (χ4n) is 3.63. The molecule has 0 amide bonds. The smallest absolute Gasteiger partial charge is 0.762 e. The van der Waals surface area contributed by atoms with E-state index in [0.717, 1.165) is 0 Å². The van der Waals surface area contributed by atoms with E-state index in [2.05, 4.69) is 101 Å². The van der Waals surface area contributed by atoms with E-state index in [9.17, 15) is 12.9 Å². The molecule has 6 heteroatoms. The summed E-state index contributed by atoms with van der Waals surface area (Å²) < 4.78 is 29.0. The van der Waals surface area contributed by atoms with Crippen LogP contribution in [0.2, 0.25) is 0 Å². The molecular formula is C22H40BF4P. The van der Waals surface area contributed by atoms with Crippen LogP contribution in [0.15, 0.2) is 18.2 Å². The highest BCUT2D eigenvalue weighted by atomic mass is 31.1. The van der Waals surface area contributed by atoms with Crippen LogP contribution in [0.5, 0.6) is 0 Å². The quantitative estimate of drug-likeness (QED) is 0.353. The molecule has 0 aliphatic heterocycles. The van der Waals surface area contributed by atoms with Gasteiger partial charge in [-0.1, -0.05) is 47.6 Å². The van der Waals surface area contributed by atoms with Gasteiger partial charge in [-0.2, -0.15) is 0 Å². The van der Waals surface area contributed by atoms with Crippen LogP contribution in [0.4, 0.5) is 12.9 Å². The lowest BCUT2D eigenvalue weighted by Crippen LogP contribution is -3.00. The van der Waals surface area contributed by atoms with E-state index in [-0.39, 0.29) is 15.5 Å². The molecule has 0 aliphatic carbocycles. The number of hydrogen-bond donors (Lipinski definition) is 0. The Kier molecular flexibility index (Phi) is 10.5. The molecule has 0 aromatic heterocycles. The third kappa shape index (κ3) is 9.77. The molecule has 1 aromatic rings. The van der Waals surface area contributed by atoms with Crippen molar-refractivity contribution in [3.05, 3.63) is 29.3 Å². The van der Waals surface area contributed by atoms with Crippen molar-refractivity contribution in [2.45, 2.75) is 104 Å². The third-order valence-electron chi connectivity index (χ3n) is 4.45. The van der Waals surface area contributed by atoms with Gasteiger partial charge in [-0.15, -0.1) is 0 Å². The van der Waals surface area contributed by atoms with Crippen LogP contribution in [0, 0.1) is 0 Å². The zero-order chi connectivity index (χ0) is 22.0. The second kappa shape index (κ2) is 9.96. The zero-order valence-electron chi connectivity index (χ0n) is 19.8. The van der Waals surface area contributed by atoms with Gasteiger partial charge in [0.1, 0.15) is 0 Å². The normalized spacial score (nSPS) is 12.9. The number of benzene rings is 1. The van der Waals surface area contributed by atoms with E-state index in [1.165, 1.54) is 11.1 Å². The van der Waals surface area contributed by atoms with Crippen molar-refractivity contribution in [2.75, 3.05) is 0 Å². The Morgan fingerprint density at radius 2 is 0.857 bits per heavy atom. The molecule has 0 spiro atoms. The van der Waals surface area contributed by atoms with Gasteiger partial charge in [0.25, 0.3) is 0 Å². The summed E-state index contributed by atoms with van der Waals surface area (Å²) in [5.74, 6) is 0. The van der Waals surface area contributed by atoms with Gasteiger partial charge in [-0.3, -0.25) is 12.9 Å². The van der Waals surface area contributed by atoms with Crippen LogP contribution in [0.3, 0.4) is 0 Å². The maximum atomic E-state index is 9.67. The summed E-state index contributed by atoms with van der Waals surface area (Å²) in [5.41, 5.74) is 3.35. The summed E-state index contributed by atoms with van der Waals surface area (Å²) in [6.45, 7) is 28.5. The summed E-state index contributed by atoms with van der Waals surface area (Å²) in [6.07, 6.45) is 0. The monoisotopic (exact) mass is 422 g/mol. The molecule has 0 saturated heterocycles. The predicted molar refractivity (Wildman–Crippen MR) is 120 cm³/mol.